The summed E-state index contributed by atoms with van der Waals surface area (Å²) in [4.78, 5) is 8.96. The first-order valence-corrected chi connectivity index (χ1v) is 8.74. The molecule has 1 unspecified atom stereocenters. The monoisotopic (exact) mass is 347 g/mol. The second kappa shape index (κ2) is 6.73. The molecule has 3 nitrogen and oxygen atoms in total. The van der Waals surface area contributed by atoms with Crippen molar-refractivity contribution in [2.45, 2.75) is 51.5 Å². The molecule has 0 spiro atoms. The van der Waals surface area contributed by atoms with Gasteiger partial charge < -0.3 is 5.32 Å². The standard InChI is InChI=1S/C17H22BrN3/c1-2-14(12-6-4-3-5-7-12)21-15-8-9-19-16-10-13(18)11-20-17(15)16/h8-12,14H,2-7H2,1H3,(H,19,21). The van der Waals surface area contributed by atoms with Gasteiger partial charge in [0.25, 0.3) is 0 Å². The average molecular weight is 348 g/mol. The fraction of sp³-hybridized carbons (Fsp3) is 0.529. The molecule has 4 heteroatoms. The molecule has 0 amide bonds. The predicted octanol–water partition coefficient (Wildman–Crippen LogP) is 5.16. The van der Waals surface area contributed by atoms with Crippen molar-refractivity contribution in [1.29, 1.82) is 0 Å². The van der Waals surface area contributed by atoms with Crippen molar-refractivity contribution in [2.24, 2.45) is 5.92 Å². The van der Waals surface area contributed by atoms with Crippen LogP contribution in [0.3, 0.4) is 0 Å². The largest absolute Gasteiger partial charge is 0.380 e. The third kappa shape index (κ3) is 3.37. The highest BCUT2D eigenvalue weighted by Gasteiger charge is 2.22. The second-order valence-electron chi connectivity index (χ2n) is 5.94. The molecule has 0 aliphatic heterocycles. The van der Waals surface area contributed by atoms with Crippen LogP contribution in [0.15, 0.2) is 29.0 Å². The molecule has 0 aromatic carbocycles. The Labute approximate surface area is 134 Å². The highest BCUT2D eigenvalue weighted by atomic mass is 79.9. The van der Waals surface area contributed by atoms with Gasteiger partial charge in [-0.25, -0.2) is 0 Å². The van der Waals surface area contributed by atoms with Gasteiger partial charge in [0.2, 0.25) is 0 Å². The number of pyridine rings is 2. The zero-order valence-corrected chi connectivity index (χ0v) is 14.1. The van der Waals surface area contributed by atoms with E-state index in [4.69, 9.17) is 0 Å². The minimum Gasteiger partial charge on any atom is -0.380 e. The topological polar surface area (TPSA) is 37.8 Å². The molecule has 0 bridgehead atoms. The smallest absolute Gasteiger partial charge is 0.112 e. The summed E-state index contributed by atoms with van der Waals surface area (Å²) in [5, 5.41) is 3.74. The van der Waals surface area contributed by atoms with Crippen LogP contribution in [-0.4, -0.2) is 16.0 Å². The molecule has 1 aliphatic carbocycles. The Hall–Kier alpha value is -1.16. The minimum atomic E-state index is 0.543. The lowest BCUT2D eigenvalue weighted by atomic mass is 9.83. The molecule has 1 N–H and O–H groups in total. The number of fused-ring (bicyclic) bond motifs is 1. The molecule has 21 heavy (non-hydrogen) atoms. The van der Waals surface area contributed by atoms with Crippen molar-refractivity contribution in [1.82, 2.24) is 9.97 Å². The van der Waals surface area contributed by atoms with Crippen molar-refractivity contribution >= 4 is 32.7 Å². The van der Waals surface area contributed by atoms with Gasteiger partial charge in [-0.15, -0.1) is 0 Å². The van der Waals surface area contributed by atoms with E-state index in [1.807, 2.05) is 18.5 Å². The Balaban J connectivity index is 1.85. The van der Waals surface area contributed by atoms with Crippen molar-refractivity contribution < 1.29 is 0 Å². The van der Waals surface area contributed by atoms with Crippen molar-refractivity contribution in [3.8, 4) is 0 Å². The number of hydrogen-bond donors (Lipinski definition) is 1. The maximum Gasteiger partial charge on any atom is 0.112 e. The minimum absolute atomic E-state index is 0.543. The fourth-order valence-electron chi connectivity index (χ4n) is 3.41. The lowest BCUT2D eigenvalue weighted by molar-refractivity contribution is 0.313. The van der Waals surface area contributed by atoms with Crippen LogP contribution in [0.5, 0.6) is 0 Å². The van der Waals surface area contributed by atoms with Crippen LogP contribution in [-0.2, 0) is 0 Å². The van der Waals surface area contributed by atoms with Crippen molar-refractivity contribution in [2.75, 3.05) is 5.32 Å². The maximum absolute atomic E-state index is 4.54. The molecular formula is C17H22BrN3. The van der Waals surface area contributed by atoms with Gasteiger partial charge in [0.05, 0.1) is 11.2 Å². The van der Waals surface area contributed by atoms with Gasteiger partial charge in [0.1, 0.15) is 5.52 Å². The summed E-state index contributed by atoms with van der Waals surface area (Å²) in [5.74, 6) is 0.794. The zero-order chi connectivity index (χ0) is 14.7. The van der Waals surface area contributed by atoms with E-state index < -0.39 is 0 Å². The molecule has 0 saturated heterocycles. The first kappa shape index (κ1) is 14.8. The van der Waals surface area contributed by atoms with Crippen LogP contribution in [0.2, 0.25) is 0 Å². The number of rotatable bonds is 4. The molecule has 112 valence electrons. The third-order valence-corrected chi connectivity index (χ3v) is 4.98. The van der Waals surface area contributed by atoms with Crippen LogP contribution in [0.1, 0.15) is 45.4 Å². The highest BCUT2D eigenvalue weighted by molar-refractivity contribution is 9.10. The molecule has 2 heterocycles. The lowest BCUT2D eigenvalue weighted by Crippen LogP contribution is -2.30. The molecule has 1 fully saturated rings. The number of nitrogens with one attached hydrogen (secondary N) is 1. The lowest BCUT2D eigenvalue weighted by Gasteiger charge is -2.31. The Bertz CT molecular complexity index is 608. The number of nitrogens with zero attached hydrogens (tertiary/aromatic N) is 2. The first-order chi connectivity index (χ1) is 10.3. The Kier molecular flexibility index (Phi) is 4.73. The predicted molar refractivity (Wildman–Crippen MR) is 91.5 cm³/mol. The Morgan fingerprint density at radius 3 is 2.86 bits per heavy atom. The van der Waals surface area contributed by atoms with E-state index in [9.17, 15) is 0 Å². The van der Waals surface area contributed by atoms with E-state index in [2.05, 4.69) is 44.2 Å². The average Bonchev–Trinajstić information content (AvgIpc) is 2.53. The summed E-state index contributed by atoms with van der Waals surface area (Å²) < 4.78 is 0.971. The summed E-state index contributed by atoms with van der Waals surface area (Å²) in [7, 11) is 0. The first-order valence-electron chi connectivity index (χ1n) is 7.94. The molecule has 1 atom stereocenters. The number of anilines is 1. The number of hydrogen-bond acceptors (Lipinski definition) is 3. The molecule has 2 aromatic rings. The van der Waals surface area contributed by atoms with Gasteiger partial charge in [-0.05, 0) is 53.2 Å². The fourth-order valence-corrected chi connectivity index (χ4v) is 3.73. The summed E-state index contributed by atoms with van der Waals surface area (Å²) in [6, 6.07) is 4.62. The van der Waals surface area contributed by atoms with Crippen molar-refractivity contribution in [3.63, 3.8) is 0 Å². The van der Waals surface area contributed by atoms with E-state index in [1.165, 1.54) is 32.1 Å². The Morgan fingerprint density at radius 1 is 1.29 bits per heavy atom. The quantitative estimate of drug-likeness (QED) is 0.829. The second-order valence-corrected chi connectivity index (χ2v) is 6.85. The van der Waals surface area contributed by atoms with Crippen LogP contribution >= 0.6 is 15.9 Å². The molecule has 1 saturated carbocycles. The van der Waals surface area contributed by atoms with E-state index in [0.29, 0.717) is 6.04 Å². The van der Waals surface area contributed by atoms with Crippen LogP contribution in [0.4, 0.5) is 5.69 Å². The van der Waals surface area contributed by atoms with E-state index >= 15 is 0 Å². The molecule has 2 aromatic heterocycles. The van der Waals surface area contributed by atoms with Gasteiger partial charge in [-0.1, -0.05) is 26.2 Å². The van der Waals surface area contributed by atoms with Gasteiger partial charge >= 0.3 is 0 Å². The molecule has 3 rings (SSSR count). The normalized spacial score (nSPS) is 17.8. The molecule has 1 aliphatic rings. The van der Waals surface area contributed by atoms with Crippen LogP contribution in [0, 0.1) is 5.92 Å². The van der Waals surface area contributed by atoms with Gasteiger partial charge in [0.15, 0.2) is 0 Å². The van der Waals surface area contributed by atoms with E-state index in [1.54, 1.807) is 0 Å². The number of aromatic nitrogens is 2. The van der Waals surface area contributed by atoms with Gasteiger partial charge in [-0.3, -0.25) is 9.97 Å². The Morgan fingerprint density at radius 2 is 2.10 bits per heavy atom. The van der Waals surface area contributed by atoms with Crippen molar-refractivity contribution in [3.05, 3.63) is 29.0 Å². The van der Waals surface area contributed by atoms with Crippen LogP contribution in [0.25, 0.3) is 11.0 Å². The number of halogens is 1. The third-order valence-electron chi connectivity index (χ3n) is 4.54. The highest BCUT2D eigenvalue weighted by Crippen LogP contribution is 2.31. The molecule has 0 radical (unpaired) electrons. The van der Waals surface area contributed by atoms with Gasteiger partial charge in [0, 0.05) is 22.9 Å². The summed E-state index contributed by atoms with van der Waals surface area (Å²) in [5.41, 5.74) is 3.02. The summed E-state index contributed by atoms with van der Waals surface area (Å²) >= 11 is 3.46. The van der Waals surface area contributed by atoms with E-state index in [0.717, 1.165) is 33.5 Å². The maximum atomic E-state index is 4.54. The van der Waals surface area contributed by atoms with E-state index in [-0.39, 0.29) is 0 Å². The molecular weight excluding hydrogens is 326 g/mol. The van der Waals surface area contributed by atoms with Crippen LogP contribution < -0.4 is 5.32 Å². The summed E-state index contributed by atoms with van der Waals surface area (Å²) in [6.07, 6.45) is 11.7. The van der Waals surface area contributed by atoms with Gasteiger partial charge in [-0.2, -0.15) is 0 Å². The SMILES string of the molecule is CCC(Nc1ccnc2cc(Br)cnc12)C1CCCCC1. The summed E-state index contributed by atoms with van der Waals surface area (Å²) in [6.45, 7) is 2.28. The zero-order valence-electron chi connectivity index (χ0n) is 12.5.